The average Bonchev–Trinajstić information content (AvgIpc) is 3.10. The van der Waals surface area contributed by atoms with Gasteiger partial charge in [0.15, 0.2) is 0 Å². The van der Waals surface area contributed by atoms with E-state index < -0.39 is 22.0 Å². The lowest BCUT2D eigenvalue weighted by Crippen LogP contribution is -2.45. The molecule has 0 spiro atoms. The predicted molar refractivity (Wildman–Crippen MR) is 112 cm³/mol. The van der Waals surface area contributed by atoms with Gasteiger partial charge >= 0.3 is 0 Å². The van der Waals surface area contributed by atoms with Crippen molar-refractivity contribution in [2.45, 2.75) is 13.0 Å². The molecule has 10 heteroatoms. The van der Waals surface area contributed by atoms with E-state index in [2.05, 4.69) is 15.5 Å². The molecule has 0 saturated carbocycles. The van der Waals surface area contributed by atoms with E-state index in [1.54, 1.807) is 54.6 Å². The van der Waals surface area contributed by atoms with Gasteiger partial charge in [0.2, 0.25) is 21.1 Å². The Balaban J connectivity index is 1.79. The number of anilines is 2. The average molecular weight is 437 g/mol. The Kier molecular flexibility index (Phi) is 5.97. The predicted octanol–water partition coefficient (Wildman–Crippen LogP) is 3.65. The molecule has 0 fully saturated rings. The number of sulfonamides is 1. The highest BCUT2D eigenvalue weighted by Gasteiger charge is 2.29. The zero-order valence-electron chi connectivity index (χ0n) is 15.0. The Labute approximate surface area is 172 Å². The molecule has 0 aliphatic rings. The summed E-state index contributed by atoms with van der Waals surface area (Å²) >= 11 is 7.07. The second-order valence-electron chi connectivity index (χ2n) is 5.98. The second kappa shape index (κ2) is 8.26. The first-order chi connectivity index (χ1) is 13.3. The van der Waals surface area contributed by atoms with E-state index >= 15 is 0 Å². The van der Waals surface area contributed by atoms with Crippen LogP contribution in [0.25, 0.3) is 10.6 Å². The lowest BCUT2D eigenvalue weighted by molar-refractivity contribution is -0.116. The zero-order valence-corrected chi connectivity index (χ0v) is 17.4. The SMILES string of the molecule is C[C@@H](C(=O)Nc1nnc(-c2ccc(Cl)cc2)s1)N(c1ccccc1)S(C)(=O)=O. The highest BCUT2D eigenvalue weighted by molar-refractivity contribution is 7.92. The highest BCUT2D eigenvalue weighted by Crippen LogP contribution is 2.28. The van der Waals surface area contributed by atoms with Crippen LogP contribution in [0.1, 0.15) is 6.92 Å². The largest absolute Gasteiger partial charge is 0.299 e. The van der Waals surface area contributed by atoms with Crippen LogP contribution in [0, 0.1) is 0 Å². The van der Waals surface area contributed by atoms with Crippen LogP contribution in [0.15, 0.2) is 54.6 Å². The topological polar surface area (TPSA) is 92.3 Å². The summed E-state index contributed by atoms with van der Waals surface area (Å²) in [5.41, 5.74) is 1.23. The van der Waals surface area contributed by atoms with Crippen molar-refractivity contribution in [3.8, 4) is 10.6 Å². The number of aromatic nitrogens is 2. The molecule has 0 bridgehead atoms. The number of halogens is 1. The number of nitrogens with zero attached hydrogens (tertiary/aromatic N) is 3. The van der Waals surface area contributed by atoms with Gasteiger partial charge in [0.1, 0.15) is 11.0 Å². The number of carbonyl (C=O) groups excluding carboxylic acids is 1. The van der Waals surface area contributed by atoms with E-state index in [-0.39, 0.29) is 5.13 Å². The maximum atomic E-state index is 12.7. The van der Waals surface area contributed by atoms with Gasteiger partial charge in [-0.1, -0.05) is 53.3 Å². The van der Waals surface area contributed by atoms with Crippen molar-refractivity contribution in [3.05, 3.63) is 59.6 Å². The molecular formula is C18H17ClN4O3S2. The summed E-state index contributed by atoms with van der Waals surface area (Å²) in [7, 11) is -3.67. The molecule has 1 N–H and O–H groups in total. The molecule has 146 valence electrons. The monoisotopic (exact) mass is 436 g/mol. The maximum Gasteiger partial charge on any atom is 0.249 e. The van der Waals surface area contributed by atoms with Crippen LogP contribution in [0.2, 0.25) is 5.02 Å². The minimum absolute atomic E-state index is 0.281. The van der Waals surface area contributed by atoms with Crippen molar-refractivity contribution in [2.75, 3.05) is 15.9 Å². The van der Waals surface area contributed by atoms with E-state index in [1.807, 2.05) is 0 Å². The van der Waals surface area contributed by atoms with Gasteiger partial charge in [-0.05, 0) is 31.2 Å². The summed E-state index contributed by atoms with van der Waals surface area (Å²) < 4.78 is 25.6. The summed E-state index contributed by atoms with van der Waals surface area (Å²) in [6.45, 7) is 1.52. The van der Waals surface area contributed by atoms with Gasteiger partial charge in [-0.15, -0.1) is 10.2 Å². The molecule has 0 radical (unpaired) electrons. The number of benzene rings is 2. The third-order valence-electron chi connectivity index (χ3n) is 3.85. The van der Waals surface area contributed by atoms with Crippen LogP contribution in [0.5, 0.6) is 0 Å². The molecule has 1 amide bonds. The smallest absolute Gasteiger partial charge is 0.249 e. The van der Waals surface area contributed by atoms with Crippen LogP contribution < -0.4 is 9.62 Å². The number of hydrogen-bond acceptors (Lipinski definition) is 6. The minimum Gasteiger partial charge on any atom is -0.299 e. The molecule has 1 aromatic heterocycles. The van der Waals surface area contributed by atoms with E-state index in [1.165, 1.54) is 18.3 Å². The summed E-state index contributed by atoms with van der Waals surface area (Å²) in [5, 5.41) is 12.2. The maximum absolute atomic E-state index is 12.7. The molecule has 28 heavy (non-hydrogen) atoms. The molecule has 0 unspecified atom stereocenters. The fraction of sp³-hybridized carbons (Fsp3) is 0.167. The van der Waals surface area contributed by atoms with Crippen LogP contribution in [0.4, 0.5) is 10.8 Å². The van der Waals surface area contributed by atoms with Gasteiger partial charge in [0, 0.05) is 10.6 Å². The van der Waals surface area contributed by atoms with Crippen LogP contribution in [0.3, 0.4) is 0 Å². The quantitative estimate of drug-likeness (QED) is 0.636. The number of hydrogen-bond donors (Lipinski definition) is 1. The number of para-hydroxylation sites is 1. The van der Waals surface area contributed by atoms with Gasteiger partial charge in [0.05, 0.1) is 11.9 Å². The zero-order chi connectivity index (χ0) is 20.3. The first-order valence-electron chi connectivity index (χ1n) is 8.20. The minimum atomic E-state index is -3.67. The molecular weight excluding hydrogens is 420 g/mol. The normalized spacial score (nSPS) is 12.4. The third-order valence-corrected chi connectivity index (χ3v) is 6.23. The van der Waals surface area contributed by atoms with Crippen molar-refractivity contribution in [1.82, 2.24) is 10.2 Å². The molecule has 0 saturated heterocycles. The van der Waals surface area contributed by atoms with Gasteiger partial charge in [-0.3, -0.25) is 14.4 Å². The highest BCUT2D eigenvalue weighted by atomic mass is 35.5. The standard InChI is InChI=1S/C18H17ClN4O3S2/c1-12(23(28(2,25)26)15-6-4-3-5-7-15)16(24)20-18-22-21-17(27-18)13-8-10-14(19)11-9-13/h3-12H,1-2H3,(H,20,22,24)/t12-/m0/s1. The van der Waals surface area contributed by atoms with Gasteiger partial charge < -0.3 is 0 Å². The number of nitrogens with one attached hydrogen (secondary N) is 1. The fourth-order valence-electron chi connectivity index (χ4n) is 2.58. The van der Waals surface area contributed by atoms with Gasteiger partial charge in [0.25, 0.3) is 0 Å². The molecule has 1 heterocycles. The van der Waals surface area contributed by atoms with Crippen molar-refractivity contribution in [2.24, 2.45) is 0 Å². The number of amides is 1. The van der Waals surface area contributed by atoms with Crippen LogP contribution in [-0.2, 0) is 14.8 Å². The van der Waals surface area contributed by atoms with E-state index in [9.17, 15) is 13.2 Å². The molecule has 2 aromatic carbocycles. The van der Waals surface area contributed by atoms with E-state index in [4.69, 9.17) is 11.6 Å². The van der Waals surface area contributed by atoms with Gasteiger partial charge in [-0.25, -0.2) is 8.42 Å². The Hall–Kier alpha value is -2.49. The fourth-order valence-corrected chi connectivity index (χ4v) is 4.63. The molecule has 3 aromatic rings. The Morgan fingerprint density at radius 3 is 2.36 bits per heavy atom. The summed E-state index contributed by atoms with van der Waals surface area (Å²) in [6, 6.07) is 14.6. The summed E-state index contributed by atoms with van der Waals surface area (Å²) in [5.74, 6) is -0.506. The van der Waals surface area contributed by atoms with Crippen LogP contribution in [-0.4, -0.2) is 36.8 Å². The number of rotatable bonds is 6. The second-order valence-corrected chi connectivity index (χ2v) is 9.25. The summed E-state index contributed by atoms with van der Waals surface area (Å²) in [6.07, 6.45) is 1.06. The van der Waals surface area contributed by atoms with Crippen LogP contribution >= 0.6 is 22.9 Å². The Bertz CT molecular complexity index is 1070. The van der Waals surface area contributed by atoms with Gasteiger partial charge in [-0.2, -0.15) is 0 Å². The Morgan fingerprint density at radius 1 is 1.11 bits per heavy atom. The van der Waals surface area contributed by atoms with Crippen molar-refractivity contribution in [1.29, 1.82) is 0 Å². The van der Waals surface area contributed by atoms with Crippen molar-refractivity contribution in [3.63, 3.8) is 0 Å². The number of carbonyl (C=O) groups is 1. The lowest BCUT2D eigenvalue weighted by atomic mass is 10.2. The van der Waals surface area contributed by atoms with Crippen molar-refractivity contribution >= 4 is 49.7 Å². The van der Waals surface area contributed by atoms with Crippen molar-refractivity contribution < 1.29 is 13.2 Å². The molecule has 1 atom stereocenters. The summed E-state index contributed by atoms with van der Waals surface area (Å²) in [4.78, 5) is 12.7. The molecule has 0 aliphatic carbocycles. The molecule has 7 nitrogen and oxygen atoms in total. The third kappa shape index (κ3) is 4.67. The van der Waals surface area contributed by atoms with E-state index in [0.29, 0.717) is 15.7 Å². The first-order valence-corrected chi connectivity index (χ1v) is 11.2. The molecule has 3 rings (SSSR count). The Morgan fingerprint density at radius 2 is 1.75 bits per heavy atom. The van der Waals surface area contributed by atoms with E-state index in [0.717, 1.165) is 16.1 Å². The first kappa shape index (κ1) is 20.2. The lowest BCUT2D eigenvalue weighted by Gasteiger charge is -2.27. The molecule has 0 aliphatic heterocycles.